The van der Waals surface area contributed by atoms with Gasteiger partial charge in [-0.05, 0) is 19.3 Å². The molecular weight excluding hydrogens is 186 g/mol. The second kappa shape index (κ2) is 3.20. The summed E-state index contributed by atoms with van der Waals surface area (Å²) in [5.74, 6) is -0.0528. The van der Waals surface area contributed by atoms with Gasteiger partial charge in [0.25, 0.3) is 0 Å². The number of aromatic nitrogens is 1. The monoisotopic (exact) mass is 197 g/mol. The Balaban J connectivity index is 2.33. The average molecular weight is 197 g/mol. The summed E-state index contributed by atoms with van der Waals surface area (Å²) in [4.78, 5) is 16.1. The molecule has 2 rings (SSSR count). The average Bonchev–Trinajstić information content (AvgIpc) is 2.63. The van der Waals surface area contributed by atoms with E-state index in [9.17, 15) is 9.90 Å². The largest absolute Gasteiger partial charge is 0.376 e. The van der Waals surface area contributed by atoms with Gasteiger partial charge in [0.05, 0.1) is 10.4 Å². The van der Waals surface area contributed by atoms with Crippen molar-refractivity contribution in [3.63, 3.8) is 0 Å². The molecule has 0 aromatic carbocycles. The van der Waals surface area contributed by atoms with Crippen molar-refractivity contribution in [3.8, 4) is 0 Å². The van der Waals surface area contributed by atoms with Crippen molar-refractivity contribution >= 4 is 17.1 Å². The number of carbonyl (C=O) groups is 1. The standard InChI is InChI=1S/C9H11NO2S/c11-7-3-1-2-4-9(7,12)8-5-10-6-13-8/h5-6,12H,1-4H2. The van der Waals surface area contributed by atoms with E-state index in [1.54, 1.807) is 11.7 Å². The minimum Gasteiger partial charge on any atom is -0.376 e. The number of Topliss-reactive ketones (excluding diaryl/α,β-unsaturated/α-hetero) is 1. The summed E-state index contributed by atoms with van der Waals surface area (Å²) in [7, 11) is 0. The van der Waals surface area contributed by atoms with Crippen molar-refractivity contribution in [2.75, 3.05) is 0 Å². The Kier molecular flexibility index (Phi) is 2.17. The molecule has 0 aliphatic heterocycles. The summed E-state index contributed by atoms with van der Waals surface area (Å²) in [5, 5.41) is 10.1. The lowest BCUT2D eigenvalue weighted by molar-refractivity contribution is -0.141. The van der Waals surface area contributed by atoms with Crippen molar-refractivity contribution in [3.05, 3.63) is 16.6 Å². The van der Waals surface area contributed by atoms with Crippen molar-refractivity contribution in [2.24, 2.45) is 0 Å². The molecule has 1 aromatic heterocycles. The number of nitrogens with zero attached hydrogens (tertiary/aromatic N) is 1. The van der Waals surface area contributed by atoms with Crippen LogP contribution in [0.2, 0.25) is 0 Å². The van der Waals surface area contributed by atoms with E-state index in [1.807, 2.05) is 0 Å². The van der Waals surface area contributed by atoms with Crippen LogP contribution in [0.4, 0.5) is 0 Å². The summed E-state index contributed by atoms with van der Waals surface area (Å²) in [6.45, 7) is 0. The SMILES string of the molecule is O=C1CCCCC1(O)c1cncs1. The maximum Gasteiger partial charge on any atom is 0.169 e. The Morgan fingerprint density at radius 1 is 1.54 bits per heavy atom. The lowest BCUT2D eigenvalue weighted by atomic mass is 9.83. The third-order valence-electron chi connectivity index (χ3n) is 2.49. The highest BCUT2D eigenvalue weighted by Gasteiger charge is 2.40. The van der Waals surface area contributed by atoms with E-state index in [0.717, 1.165) is 12.8 Å². The second-order valence-electron chi connectivity index (χ2n) is 3.36. The molecule has 1 aliphatic rings. The highest BCUT2D eigenvalue weighted by atomic mass is 32.1. The first-order valence-electron chi connectivity index (χ1n) is 4.38. The second-order valence-corrected chi connectivity index (χ2v) is 4.24. The minimum atomic E-state index is -1.22. The van der Waals surface area contributed by atoms with Gasteiger partial charge in [-0.25, -0.2) is 0 Å². The van der Waals surface area contributed by atoms with Gasteiger partial charge >= 0.3 is 0 Å². The molecule has 4 heteroatoms. The van der Waals surface area contributed by atoms with Gasteiger partial charge in [0.15, 0.2) is 11.4 Å². The molecule has 1 N–H and O–H groups in total. The Morgan fingerprint density at radius 3 is 3.00 bits per heavy atom. The molecular formula is C9H11NO2S. The Hall–Kier alpha value is -0.740. The first-order valence-corrected chi connectivity index (χ1v) is 5.26. The molecule has 1 atom stereocenters. The molecule has 70 valence electrons. The number of hydrogen-bond donors (Lipinski definition) is 1. The molecule has 3 nitrogen and oxygen atoms in total. The molecule has 1 fully saturated rings. The zero-order chi connectivity index (χ0) is 9.31. The van der Waals surface area contributed by atoms with Crippen LogP contribution in [-0.4, -0.2) is 15.9 Å². The molecule has 1 heterocycles. The molecule has 0 amide bonds. The first kappa shape index (κ1) is 8.84. The van der Waals surface area contributed by atoms with E-state index >= 15 is 0 Å². The maximum atomic E-state index is 11.5. The van der Waals surface area contributed by atoms with Crippen molar-refractivity contribution < 1.29 is 9.90 Å². The molecule has 1 saturated carbocycles. The highest BCUT2D eigenvalue weighted by Crippen LogP contribution is 2.35. The Labute approximate surface area is 80.4 Å². The van der Waals surface area contributed by atoms with Crippen LogP contribution in [0.25, 0.3) is 0 Å². The van der Waals surface area contributed by atoms with Crippen molar-refractivity contribution in [1.29, 1.82) is 0 Å². The normalized spacial score (nSPS) is 29.2. The Bertz CT molecular complexity index is 309. The van der Waals surface area contributed by atoms with Crippen LogP contribution in [0, 0.1) is 0 Å². The fraction of sp³-hybridized carbons (Fsp3) is 0.556. The number of ketones is 1. The molecule has 1 aliphatic carbocycles. The highest BCUT2D eigenvalue weighted by molar-refractivity contribution is 7.09. The van der Waals surface area contributed by atoms with Gasteiger partial charge in [0, 0.05) is 12.6 Å². The van der Waals surface area contributed by atoms with E-state index in [2.05, 4.69) is 4.98 Å². The third kappa shape index (κ3) is 1.40. The van der Waals surface area contributed by atoms with Crippen LogP contribution in [-0.2, 0) is 10.4 Å². The summed E-state index contributed by atoms with van der Waals surface area (Å²) >= 11 is 1.35. The molecule has 1 aromatic rings. The van der Waals surface area contributed by atoms with E-state index in [-0.39, 0.29) is 5.78 Å². The minimum absolute atomic E-state index is 0.0528. The van der Waals surface area contributed by atoms with E-state index in [4.69, 9.17) is 0 Å². The molecule has 0 saturated heterocycles. The van der Waals surface area contributed by atoms with Gasteiger partial charge in [0.2, 0.25) is 0 Å². The fourth-order valence-corrected chi connectivity index (χ4v) is 2.46. The van der Waals surface area contributed by atoms with E-state index < -0.39 is 5.60 Å². The maximum absolute atomic E-state index is 11.5. The first-order chi connectivity index (χ1) is 6.23. The van der Waals surface area contributed by atoms with Crippen LogP contribution in [0.5, 0.6) is 0 Å². The van der Waals surface area contributed by atoms with Gasteiger partial charge in [-0.15, -0.1) is 11.3 Å². The summed E-state index contributed by atoms with van der Waals surface area (Å²) in [5.41, 5.74) is 0.425. The lowest BCUT2D eigenvalue weighted by Gasteiger charge is -2.28. The summed E-state index contributed by atoms with van der Waals surface area (Å²) in [6.07, 6.45) is 4.45. The van der Waals surface area contributed by atoms with E-state index in [1.165, 1.54) is 11.3 Å². The number of aliphatic hydroxyl groups is 1. The van der Waals surface area contributed by atoms with Crippen LogP contribution < -0.4 is 0 Å². The van der Waals surface area contributed by atoms with Crippen LogP contribution >= 0.6 is 11.3 Å². The number of carbonyl (C=O) groups excluding carboxylic acids is 1. The van der Waals surface area contributed by atoms with Crippen LogP contribution in [0.3, 0.4) is 0 Å². The van der Waals surface area contributed by atoms with Gasteiger partial charge in [-0.2, -0.15) is 0 Å². The van der Waals surface area contributed by atoms with Gasteiger partial charge in [0.1, 0.15) is 0 Å². The lowest BCUT2D eigenvalue weighted by Crippen LogP contribution is -2.37. The third-order valence-corrected chi connectivity index (χ3v) is 3.42. The number of rotatable bonds is 1. The predicted molar refractivity (Wildman–Crippen MR) is 49.5 cm³/mol. The van der Waals surface area contributed by atoms with Crippen molar-refractivity contribution in [2.45, 2.75) is 31.3 Å². The van der Waals surface area contributed by atoms with Crippen LogP contribution in [0.15, 0.2) is 11.7 Å². The molecule has 0 spiro atoms. The van der Waals surface area contributed by atoms with E-state index in [0.29, 0.717) is 17.7 Å². The summed E-state index contributed by atoms with van der Waals surface area (Å²) in [6, 6.07) is 0. The van der Waals surface area contributed by atoms with Crippen LogP contribution in [0.1, 0.15) is 30.6 Å². The fourth-order valence-electron chi connectivity index (χ4n) is 1.69. The Morgan fingerprint density at radius 2 is 2.38 bits per heavy atom. The molecule has 0 bridgehead atoms. The molecule has 1 unspecified atom stereocenters. The van der Waals surface area contributed by atoms with Crippen molar-refractivity contribution in [1.82, 2.24) is 4.98 Å². The zero-order valence-electron chi connectivity index (χ0n) is 7.19. The number of hydrogen-bond acceptors (Lipinski definition) is 4. The zero-order valence-corrected chi connectivity index (χ0v) is 8.01. The summed E-state index contributed by atoms with van der Waals surface area (Å²) < 4.78 is 0. The molecule has 0 radical (unpaired) electrons. The van der Waals surface area contributed by atoms with Gasteiger partial charge in [-0.3, -0.25) is 9.78 Å². The quantitative estimate of drug-likeness (QED) is 0.741. The van der Waals surface area contributed by atoms with Gasteiger partial charge < -0.3 is 5.11 Å². The topological polar surface area (TPSA) is 50.2 Å². The number of thiazole rings is 1. The smallest absolute Gasteiger partial charge is 0.169 e. The molecule has 13 heavy (non-hydrogen) atoms. The van der Waals surface area contributed by atoms with Gasteiger partial charge in [-0.1, -0.05) is 0 Å². The predicted octanol–water partition coefficient (Wildman–Crippen LogP) is 1.47.